The molecular weight excluding hydrogens is 173 g/mol. The molecule has 2 N–H and O–H groups in total. The summed E-state index contributed by atoms with van der Waals surface area (Å²) in [5.74, 6) is -1.47. The van der Waals surface area contributed by atoms with Gasteiger partial charge in [-0.15, -0.1) is 0 Å². The third-order valence-corrected chi connectivity index (χ3v) is 1.80. The summed E-state index contributed by atoms with van der Waals surface area (Å²) in [4.78, 5) is 10.7. The van der Waals surface area contributed by atoms with E-state index in [1.807, 2.05) is 0 Å². The second-order valence-corrected chi connectivity index (χ2v) is 2.70. The average molecular weight is 183 g/mol. The molecule has 1 aromatic rings. The molecule has 0 spiro atoms. The van der Waals surface area contributed by atoms with E-state index in [0.717, 1.165) is 0 Å². The molecule has 0 atom stereocenters. The Labute approximate surface area is 75.2 Å². The third kappa shape index (κ3) is 1.77. The molecule has 0 saturated carbocycles. The summed E-state index contributed by atoms with van der Waals surface area (Å²) in [6, 6.07) is 2.49. The molecule has 0 heterocycles. The summed E-state index contributed by atoms with van der Waals surface area (Å²) in [6.07, 6.45) is 0. The predicted molar refractivity (Wildman–Crippen MR) is 47.6 cm³/mol. The molecule has 0 fully saturated rings. The number of aryl methyl sites for hydroxylation is 1. The van der Waals surface area contributed by atoms with E-state index in [4.69, 9.17) is 5.11 Å². The molecule has 0 saturated heterocycles. The van der Waals surface area contributed by atoms with Crippen molar-refractivity contribution >= 4 is 11.7 Å². The van der Waals surface area contributed by atoms with E-state index in [1.54, 1.807) is 7.05 Å². The van der Waals surface area contributed by atoms with Crippen molar-refractivity contribution in [2.45, 2.75) is 6.92 Å². The maximum atomic E-state index is 13.0. The molecule has 0 aliphatic rings. The number of hydrogen-bond donors (Lipinski definition) is 2. The van der Waals surface area contributed by atoms with Gasteiger partial charge < -0.3 is 10.4 Å². The molecule has 0 unspecified atom stereocenters. The van der Waals surface area contributed by atoms with Crippen molar-refractivity contribution in [2.24, 2.45) is 0 Å². The number of carboxylic acids is 1. The van der Waals surface area contributed by atoms with Crippen LogP contribution in [-0.2, 0) is 0 Å². The lowest BCUT2D eigenvalue weighted by Gasteiger charge is -2.06. The van der Waals surface area contributed by atoms with Crippen LogP contribution in [0.25, 0.3) is 0 Å². The predicted octanol–water partition coefficient (Wildman–Crippen LogP) is 1.87. The van der Waals surface area contributed by atoms with Crippen molar-refractivity contribution < 1.29 is 14.3 Å². The molecule has 0 aliphatic heterocycles. The normalized spacial score (nSPS) is 9.77. The van der Waals surface area contributed by atoms with E-state index in [1.165, 1.54) is 19.1 Å². The van der Waals surface area contributed by atoms with Crippen LogP contribution in [0.5, 0.6) is 0 Å². The molecule has 70 valence electrons. The zero-order valence-electron chi connectivity index (χ0n) is 7.39. The summed E-state index contributed by atoms with van der Waals surface area (Å²) >= 11 is 0. The second-order valence-electron chi connectivity index (χ2n) is 2.70. The molecule has 0 aliphatic carbocycles. The van der Waals surface area contributed by atoms with E-state index in [2.05, 4.69) is 5.32 Å². The van der Waals surface area contributed by atoms with Crippen LogP contribution in [0.1, 0.15) is 15.9 Å². The number of nitrogens with one attached hydrogen (secondary N) is 1. The molecule has 3 nitrogen and oxygen atoms in total. The van der Waals surface area contributed by atoms with Gasteiger partial charge in [0.2, 0.25) is 0 Å². The Morgan fingerprint density at radius 1 is 1.54 bits per heavy atom. The van der Waals surface area contributed by atoms with Crippen LogP contribution in [0, 0.1) is 12.7 Å². The van der Waals surface area contributed by atoms with E-state index in [0.29, 0.717) is 5.56 Å². The van der Waals surface area contributed by atoms with Crippen LogP contribution >= 0.6 is 0 Å². The fraction of sp³-hybridized carbons (Fsp3) is 0.222. The third-order valence-electron chi connectivity index (χ3n) is 1.80. The summed E-state index contributed by atoms with van der Waals surface area (Å²) < 4.78 is 13.0. The summed E-state index contributed by atoms with van der Waals surface area (Å²) in [5, 5.41) is 11.4. The van der Waals surface area contributed by atoms with Gasteiger partial charge in [0.15, 0.2) is 0 Å². The largest absolute Gasteiger partial charge is 0.478 e. The van der Waals surface area contributed by atoms with Gasteiger partial charge in [-0.2, -0.15) is 0 Å². The van der Waals surface area contributed by atoms with Crippen molar-refractivity contribution in [3.8, 4) is 0 Å². The Balaban J connectivity index is 3.33. The summed E-state index contributed by atoms with van der Waals surface area (Å²) in [6.45, 7) is 1.53. The Kier molecular flexibility index (Phi) is 2.51. The van der Waals surface area contributed by atoms with Crippen molar-refractivity contribution in [3.05, 3.63) is 29.1 Å². The van der Waals surface area contributed by atoms with Crippen LogP contribution in [0.2, 0.25) is 0 Å². The molecule has 0 aromatic heterocycles. The number of aromatic carboxylic acids is 1. The van der Waals surface area contributed by atoms with E-state index in [9.17, 15) is 9.18 Å². The first-order valence-corrected chi connectivity index (χ1v) is 3.77. The molecule has 1 rings (SSSR count). The number of anilines is 1. The van der Waals surface area contributed by atoms with Gasteiger partial charge in [-0.1, -0.05) is 0 Å². The molecule has 4 heteroatoms. The van der Waals surface area contributed by atoms with Crippen molar-refractivity contribution in [2.75, 3.05) is 12.4 Å². The van der Waals surface area contributed by atoms with Gasteiger partial charge in [0.1, 0.15) is 5.82 Å². The average Bonchev–Trinajstić information content (AvgIpc) is 2.08. The zero-order chi connectivity index (χ0) is 10.0. The lowest BCUT2D eigenvalue weighted by Crippen LogP contribution is -2.04. The van der Waals surface area contributed by atoms with E-state index >= 15 is 0 Å². The first kappa shape index (κ1) is 9.51. The Morgan fingerprint density at radius 2 is 2.15 bits per heavy atom. The van der Waals surface area contributed by atoms with Gasteiger partial charge >= 0.3 is 5.97 Å². The quantitative estimate of drug-likeness (QED) is 0.735. The van der Waals surface area contributed by atoms with Gasteiger partial charge in [-0.25, -0.2) is 9.18 Å². The summed E-state index contributed by atoms with van der Waals surface area (Å²) in [5.41, 5.74) is 0.702. The minimum atomic E-state index is -1.06. The molecular formula is C9H10FNO2. The number of benzene rings is 1. The Morgan fingerprint density at radius 3 is 2.62 bits per heavy atom. The minimum absolute atomic E-state index is 0.0846. The number of carbonyl (C=O) groups is 1. The van der Waals surface area contributed by atoms with Gasteiger partial charge in [0.25, 0.3) is 0 Å². The molecule has 1 aromatic carbocycles. The van der Waals surface area contributed by atoms with E-state index in [-0.39, 0.29) is 11.3 Å². The van der Waals surface area contributed by atoms with Crippen LogP contribution in [0.4, 0.5) is 10.1 Å². The highest BCUT2D eigenvalue weighted by atomic mass is 19.1. The van der Waals surface area contributed by atoms with E-state index < -0.39 is 11.8 Å². The number of halogens is 1. The van der Waals surface area contributed by atoms with Crippen molar-refractivity contribution in [1.29, 1.82) is 0 Å². The van der Waals surface area contributed by atoms with Gasteiger partial charge in [-0.3, -0.25) is 0 Å². The second kappa shape index (κ2) is 3.43. The highest BCUT2D eigenvalue weighted by molar-refractivity contribution is 5.94. The highest BCUT2D eigenvalue weighted by Gasteiger charge is 2.11. The first-order chi connectivity index (χ1) is 6.06. The molecule has 0 radical (unpaired) electrons. The minimum Gasteiger partial charge on any atom is -0.478 e. The number of hydrogen-bond acceptors (Lipinski definition) is 2. The summed E-state index contributed by atoms with van der Waals surface area (Å²) in [7, 11) is 1.55. The number of carboxylic acid groups (broad SMARTS) is 1. The topological polar surface area (TPSA) is 49.3 Å². The monoisotopic (exact) mass is 183 g/mol. The lowest BCUT2D eigenvalue weighted by atomic mass is 10.1. The fourth-order valence-electron chi connectivity index (χ4n) is 1.07. The standard InChI is InChI=1S/C9H10FNO2/c1-5-3-6(9(12)13)8(11-2)4-7(5)10/h3-4,11H,1-2H3,(H,12,13). The molecule has 0 amide bonds. The Bertz CT molecular complexity index is 350. The van der Waals surface area contributed by atoms with Crippen LogP contribution in [0.3, 0.4) is 0 Å². The van der Waals surface area contributed by atoms with Crippen molar-refractivity contribution in [1.82, 2.24) is 0 Å². The maximum Gasteiger partial charge on any atom is 0.337 e. The van der Waals surface area contributed by atoms with Gasteiger partial charge in [0.05, 0.1) is 11.3 Å². The zero-order valence-corrected chi connectivity index (χ0v) is 7.39. The number of rotatable bonds is 2. The maximum absolute atomic E-state index is 13.0. The van der Waals surface area contributed by atoms with Crippen molar-refractivity contribution in [3.63, 3.8) is 0 Å². The fourth-order valence-corrected chi connectivity index (χ4v) is 1.07. The highest BCUT2D eigenvalue weighted by Crippen LogP contribution is 2.19. The van der Waals surface area contributed by atoms with Gasteiger partial charge in [0, 0.05) is 7.05 Å². The van der Waals surface area contributed by atoms with Crippen LogP contribution < -0.4 is 5.32 Å². The molecule has 13 heavy (non-hydrogen) atoms. The molecule has 0 bridgehead atoms. The first-order valence-electron chi connectivity index (χ1n) is 3.77. The lowest BCUT2D eigenvalue weighted by molar-refractivity contribution is 0.0698. The van der Waals surface area contributed by atoms with Crippen LogP contribution in [-0.4, -0.2) is 18.1 Å². The smallest absolute Gasteiger partial charge is 0.337 e. The van der Waals surface area contributed by atoms with Crippen LogP contribution in [0.15, 0.2) is 12.1 Å². The Hall–Kier alpha value is -1.58. The van der Waals surface area contributed by atoms with Gasteiger partial charge in [-0.05, 0) is 24.6 Å². The SMILES string of the molecule is CNc1cc(F)c(C)cc1C(=O)O.